The van der Waals surface area contributed by atoms with Gasteiger partial charge >= 0.3 is 5.97 Å². The summed E-state index contributed by atoms with van der Waals surface area (Å²) in [6, 6.07) is 12.0. The second kappa shape index (κ2) is 10.00. The third kappa shape index (κ3) is 6.31. The Balaban J connectivity index is 1.85. The van der Waals surface area contributed by atoms with Crippen LogP contribution >= 0.6 is 23.2 Å². The van der Waals surface area contributed by atoms with Crippen LogP contribution in [-0.2, 0) is 14.3 Å². The lowest BCUT2D eigenvalue weighted by Crippen LogP contribution is -2.31. The lowest BCUT2D eigenvalue weighted by molar-refractivity contribution is -0.144. The molecule has 1 atom stereocenters. The number of halogens is 2. The molecule has 0 aromatic heterocycles. The monoisotopic (exact) mass is 407 g/mol. The summed E-state index contributed by atoms with van der Waals surface area (Å²) in [5.41, 5.74) is 1.45. The standard InChI is InChI=1S/C20H19Cl2NO4/c1-13(16-5-3-4-6-18(16)26-2)23-19(24)12-27-20(25)10-8-14-7-9-15(21)11-17(14)22/h3-11,13H,12H2,1-2H3,(H,23,24)/b10-8+. The molecule has 27 heavy (non-hydrogen) atoms. The van der Waals surface area contributed by atoms with Gasteiger partial charge in [-0.25, -0.2) is 4.79 Å². The molecular formula is C20H19Cl2NO4. The topological polar surface area (TPSA) is 64.6 Å². The van der Waals surface area contributed by atoms with E-state index >= 15 is 0 Å². The van der Waals surface area contributed by atoms with Crippen LogP contribution in [0, 0.1) is 0 Å². The van der Waals surface area contributed by atoms with Crippen LogP contribution in [0.2, 0.25) is 10.0 Å². The smallest absolute Gasteiger partial charge is 0.331 e. The second-order valence-corrected chi connectivity index (χ2v) is 6.48. The number of carbonyl (C=O) groups is 2. The molecule has 0 fully saturated rings. The van der Waals surface area contributed by atoms with Gasteiger partial charge in [-0.05, 0) is 36.8 Å². The van der Waals surface area contributed by atoms with Crippen LogP contribution in [0.4, 0.5) is 0 Å². The van der Waals surface area contributed by atoms with Crippen molar-refractivity contribution in [2.75, 3.05) is 13.7 Å². The fraction of sp³-hybridized carbons (Fsp3) is 0.200. The molecule has 0 radical (unpaired) electrons. The quantitative estimate of drug-likeness (QED) is 0.544. The summed E-state index contributed by atoms with van der Waals surface area (Å²) >= 11 is 11.8. The van der Waals surface area contributed by atoms with E-state index in [1.54, 1.807) is 25.3 Å². The van der Waals surface area contributed by atoms with Gasteiger partial charge in [-0.1, -0.05) is 47.5 Å². The molecule has 1 amide bonds. The van der Waals surface area contributed by atoms with Crippen LogP contribution in [-0.4, -0.2) is 25.6 Å². The van der Waals surface area contributed by atoms with Gasteiger partial charge in [-0.3, -0.25) is 4.79 Å². The Morgan fingerprint density at radius 1 is 1.19 bits per heavy atom. The molecule has 5 nitrogen and oxygen atoms in total. The van der Waals surface area contributed by atoms with E-state index in [4.69, 9.17) is 32.7 Å². The summed E-state index contributed by atoms with van der Waals surface area (Å²) in [6.45, 7) is 1.43. The van der Waals surface area contributed by atoms with Gasteiger partial charge in [-0.15, -0.1) is 0 Å². The first kappa shape index (κ1) is 20.8. The number of hydrogen-bond donors (Lipinski definition) is 1. The van der Waals surface area contributed by atoms with Crippen LogP contribution in [0.15, 0.2) is 48.5 Å². The molecule has 1 N–H and O–H groups in total. The molecule has 2 aromatic carbocycles. The van der Waals surface area contributed by atoms with Crippen LogP contribution in [0.25, 0.3) is 6.08 Å². The number of ether oxygens (including phenoxy) is 2. The lowest BCUT2D eigenvalue weighted by Gasteiger charge is -2.17. The van der Waals surface area contributed by atoms with E-state index in [-0.39, 0.29) is 6.04 Å². The van der Waals surface area contributed by atoms with Crippen molar-refractivity contribution in [3.05, 3.63) is 69.7 Å². The summed E-state index contributed by atoms with van der Waals surface area (Å²) in [5.74, 6) is -0.397. The van der Waals surface area contributed by atoms with Crippen molar-refractivity contribution < 1.29 is 19.1 Å². The largest absolute Gasteiger partial charge is 0.496 e. The Morgan fingerprint density at radius 2 is 1.93 bits per heavy atom. The van der Waals surface area contributed by atoms with Crippen molar-refractivity contribution in [1.29, 1.82) is 0 Å². The molecular weight excluding hydrogens is 389 g/mol. The van der Waals surface area contributed by atoms with Gasteiger partial charge in [0.1, 0.15) is 5.75 Å². The highest BCUT2D eigenvalue weighted by Crippen LogP contribution is 2.24. The van der Waals surface area contributed by atoms with E-state index in [1.807, 2.05) is 31.2 Å². The van der Waals surface area contributed by atoms with E-state index in [0.717, 1.165) is 5.56 Å². The number of benzene rings is 2. The zero-order valence-electron chi connectivity index (χ0n) is 14.9. The van der Waals surface area contributed by atoms with Crippen LogP contribution in [0.3, 0.4) is 0 Å². The fourth-order valence-electron chi connectivity index (χ4n) is 2.36. The van der Waals surface area contributed by atoms with Crippen molar-refractivity contribution in [3.63, 3.8) is 0 Å². The van der Waals surface area contributed by atoms with E-state index < -0.39 is 18.5 Å². The van der Waals surface area contributed by atoms with E-state index in [0.29, 0.717) is 21.4 Å². The van der Waals surface area contributed by atoms with Gasteiger partial charge < -0.3 is 14.8 Å². The Morgan fingerprint density at radius 3 is 2.63 bits per heavy atom. The average Bonchev–Trinajstić information content (AvgIpc) is 2.65. The van der Waals surface area contributed by atoms with E-state index in [1.165, 1.54) is 12.2 Å². The number of esters is 1. The number of para-hydroxylation sites is 1. The highest BCUT2D eigenvalue weighted by molar-refractivity contribution is 6.35. The number of methoxy groups -OCH3 is 1. The Kier molecular flexibility index (Phi) is 7.70. The summed E-state index contributed by atoms with van der Waals surface area (Å²) in [5, 5.41) is 3.67. The van der Waals surface area contributed by atoms with Gasteiger partial charge in [0.15, 0.2) is 6.61 Å². The van der Waals surface area contributed by atoms with Gasteiger partial charge in [0, 0.05) is 21.7 Å². The van der Waals surface area contributed by atoms with Gasteiger partial charge in [-0.2, -0.15) is 0 Å². The molecule has 0 heterocycles. The van der Waals surface area contributed by atoms with E-state index in [9.17, 15) is 9.59 Å². The average molecular weight is 408 g/mol. The zero-order chi connectivity index (χ0) is 19.8. The first-order chi connectivity index (χ1) is 12.9. The maximum Gasteiger partial charge on any atom is 0.331 e. The lowest BCUT2D eigenvalue weighted by atomic mass is 10.1. The van der Waals surface area contributed by atoms with Crippen LogP contribution in [0.5, 0.6) is 5.75 Å². The highest BCUT2D eigenvalue weighted by atomic mass is 35.5. The Bertz CT molecular complexity index is 852. The molecule has 0 saturated carbocycles. The predicted octanol–water partition coefficient (Wildman–Crippen LogP) is 4.44. The van der Waals surface area contributed by atoms with Crippen molar-refractivity contribution >= 4 is 41.2 Å². The number of carbonyl (C=O) groups excluding carboxylic acids is 2. The van der Waals surface area contributed by atoms with Crippen molar-refractivity contribution in [2.24, 2.45) is 0 Å². The summed E-state index contributed by atoms with van der Waals surface area (Å²) in [4.78, 5) is 23.8. The Hall–Kier alpha value is -2.50. The van der Waals surface area contributed by atoms with Gasteiger partial charge in [0.05, 0.1) is 13.2 Å². The molecule has 0 aliphatic carbocycles. The fourth-order valence-corrected chi connectivity index (χ4v) is 2.84. The minimum absolute atomic E-state index is 0.296. The number of hydrogen-bond acceptors (Lipinski definition) is 4. The third-order valence-electron chi connectivity index (χ3n) is 3.69. The molecule has 2 rings (SSSR count). The molecule has 7 heteroatoms. The molecule has 0 bridgehead atoms. The molecule has 1 unspecified atom stereocenters. The second-order valence-electron chi connectivity index (χ2n) is 5.64. The number of nitrogens with one attached hydrogen (secondary N) is 1. The first-order valence-corrected chi connectivity index (χ1v) is 8.88. The highest BCUT2D eigenvalue weighted by Gasteiger charge is 2.14. The predicted molar refractivity (Wildman–Crippen MR) is 106 cm³/mol. The molecule has 0 aliphatic heterocycles. The molecule has 0 aliphatic rings. The zero-order valence-corrected chi connectivity index (χ0v) is 16.4. The summed E-state index contributed by atoms with van der Waals surface area (Å²) in [7, 11) is 1.56. The SMILES string of the molecule is COc1ccccc1C(C)NC(=O)COC(=O)/C=C/c1ccc(Cl)cc1Cl. The third-order valence-corrected chi connectivity index (χ3v) is 4.25. The number of rotatable bonds is 7. The molecule has 2 aromatic rings. The van der Waals surface area contributed by atoms with Gasteiger partial charge in [0.2, 0.25) is 0 Å². The number of amides is 1. The van der Waals surface area contributed by atoms with Gasteiger partial charge in [0.25, 0.3) is 5.91 Å². The molecule has 142 valence electrons. The van der Waals surface area contributed by atoms with Crippen molar-refractivity contribution in [3.8, 4) is 5.75 Å². The van der Waals surface area contributed by atoms with Crippen molar-refractivity contribution in [2.45, 2.75) is 13.0 Å². The molecule has 0 saturated heterocycles. The minimum Gasteiger partial charge on any atom is -0.496 e. The maximum atomic E-state index is 12.0. The maximum absolute atomic E-state index is 12.0. The van der Waals surface area contributed by atoms with Crippen LogP contribution in [0.1, 0.15) is 24.1 Å². The summed E-state index contributed by atoms with van der Waals surface area (Å²) < 4.78 is 10.2. The Labute approximate surface area is 167 Å². The van der Waals surface area contributed by atoms with Crippen LogP contribution < -0.4 is 10.1 Å². The normalized spacial score (nSPS) is 11.9. The summed E-state index contributed by atoms with van der Waals surface area (Å²) in [6.07, 6.45) is 2.70. The van der Waals surface area contributed by atoms with E-state index in [2.05, 4.69) is 5.32 Å². The first-order valence-electron chi connectivity index (χ1n) is 8.13. The minimum atomic E-state index is -0.652. The molecule has 0 spiro atoms. The van der Waals surface area contributed by atoms with Crippen molar-refractivity contribution in [1.82, 2.24) is 5.32 Å².